The summed E-state index contributed by atoms with van der Waals surface area (Å²) in [5, 5.41) is 2.92. The van der Waals surface area contributed by atoms with Gasteiger partial charge in [-0.3, -0.25) is 0 Å². The fraction of sp³-hybridized carbons (Fsp3) is 0.875. The molecule has 2 nitrogen and oxygen atoms in total. The van der Waals surface area contributed by atoms with E-state index in [1.807, 2.05) is 0 Å². The number of carboxylic acid groups (broad SMARTS) is 1. The van der Waals surface area contributed by atoms with E-state index in [2.05, 4.69) is 11.6 Å². The van der Waals surface area contributed by atoms with Gasteiger partial charge in [-0.05, 0) is 11.6 Å². The summed E-state index contributed by atoms with van der Waals surface area (Å²) in [5.74, 6) is -52.2. The average molecular weight is 436 g/mol. The molecule has 0 fully saturated rings. The Balaban J connectivity index is 0. The third kappa shape index (κ3) is 3.32. The van der Waals surface area contributed by atoms with Crippen LogP contribution >= 0.6 is 11.6 Å². The number of carbonyl (C=O) groups excluding carboxylic acids is 1. The Morgan fingerprint density at radius 1 is 0.577 bits per heavy atom. The molecule has 0 radical (unpaired) electrons. The molecular formula is C8ClF14LiO2. The molecule has 0 saturated heterocycles. The van der Waals surface area contributed by atoms with Crippen molar-refractivity contribution in [3.63, 3.8) is 0 Å². The van der Waals surface area contributed by atoms with Gasteiger partial charge in [0.1, 0.15) is 5.97 Å². The fourth-order valence-corrected chi connectivity index (χ4v) is 1.21. The molecule has 150 valence electrons. The summed E-state index contributed by atoms with van der Waals surface area (Å²) >= 11 is 3.34. The zero-order valence-corrected chi connectivity index (χ0v) is 12.2. The molecule has 0 aromatic heterocycles. The molecule has 0 saturated carbocycles. The van der Waals surface area contributed by atoms with E-state index in [1.165, 1.54) is 0 Å². The molecule has 0 heterocycles. The first-order chi connectivity index (χ1) is 10.4. The average Bonchev–Trinajstić information content (AvgIpc) is 2.35. The predicted molar refractivity (Wildman–Crippen MR) is 45.5 cm³/mol. The minimum Gasteiger partial charge on any atom is -0.544 e. The van der Waals surface area contributed by atoms with Gasteiger partial charge in [-0.1, -0.05) is 0 Å². The molecule has 0 rings (SSSR count). The number of alkyl halides is 15. The number of halogens is 15. The van der Waals surface area contributed by atoms with Gasteiger partial charge in [-0.25, -0.2) is 0 Å². The van der Waals surface area contributed by atoms with Gasteiger partial charge in [0.15, 0.2) is 0 Å². The van der Waals surface area contributed by atoms with E-state index in [-0.39, 0.29) is 18.9 Å². The summed E-state index contributed by atoms with van der Waals surface area (Å²) in [4.78, 5) is 9.65. The van der Waals surface area contributed by atoms with Crippen LogP contribution in [0.25, 0.3) is 0 Å². The van der Waals surface area contributed by atoms with E-state index < -0.39 is 46.9 Å². The summed E-state index contributed by atoms with van der Waals surface area (Å²) in [6.45, 7) is 0. The molecule has 0 N–H and O–H groups in total. The van der Waals surface area contributed by atoms with Gasteiger partial charge < -0.3 is 9.90 Å². The van der Waals surface area contributed by atoms with Crippen LogP contribution in [-0.4, -0.2) is 46.9 Å². The summed E-state index contributed by atoms with van der Waals surface area (Å²) < 4.78 is 177. The topological polar surface area (TPSA) is 40.1 Å². The number of aliphatic carboxylic acids is 1. The third-order valence-electron chi connectivity index (χ3n) is 2.58. The molecule has 0 aliphatic carbocycles. The largest absolute Gasteiger partial charge is 1.00 e. The first-order valence-corrected chi connectivity index (χ1v) is 5.37. The summed E-state index contributed by atoms with van der Waals surface area (Å²) in [5.41, 5.74) is 0. The van der Waals surface area contributed by atoms with Crippen LogP contribution in [0.4, 0.5) is 61.5 Å². The Labute approximate surface area is 149 Å². The van der Waals surface area contributed by atoms with Crippen LogP contribution < -0.4 is 24.0 Å². The van der Waals surface area contributed by atoms with Crippen molar-refractivity contribution in [2.75, 3.05) is 0 Å². The van der Waals surface area contributed by atoms with Gasteiger partial charge in [-0.15, -0.1) is 0 Å². The van der Waals surface area contributed by atoms with E-state index in [9.17, 15) is 71.4 Å². The van der Waals surface area contributed by atoms with E-state index in [0.717, 1.165) is 0 Å². The normalized spacial score (nSPS) is 15.5. The molecular weight excluding hydrogens is 436 g/mol. The maximum Gasteiger partial charge on any atom is 1.00 e. The minimum absolute atomic E-state index is 0. The van der Waals surface area contributed by atoms with Gasteiger partial charge in [0.05, 0.1) is 0 Å². The van der Waals surface area contributed by atoms with Crippen molar-refractivity contribution in [3.8, 4) is 0 Å². The molecule has 0 spiro atoms. The quantitative estimate of drug-likeness (QED) is 0.329. The molecule has 0 aromatic rings. The molecule has 0 aliphatic heterocycles. The van der Waals surface area contributed by atoms with Crippen molar-refractivity contribution in [1.82, 2.24) is 0 Å². The van der Waals surface area contributed by atoms with Crippen LogP contribution in [0, 0.1) is 0 Å². The Bertz CT molecular complexity index is 542. The van der Waals surface area contributed by atoms with Crippen molar-refractivity contribution in [2.45, 2.75) is 40.9 Å². The van der Waals surface area contributed by atoms with E-state index in [4.69, 9.17) is 0 Å². The number of hydrogen-bond acceptors (Lipinski definition) is 2. The van der Waals surface area contributed by atoms with Crippen LogP contribution in [-0.2, 0) is 4.79 Å². The molecule has 0 unspecified atom stereocenters. The molecule has 0 aliphatic rings. The fourth-order valence-electron chi connectivity index (χ4n) is 1.09. The summed E-state index contributed by atoms with van der Waals surface area (Å²) in [7, 11) is 0. The van der Waals surface area contributed by atoms with Crippen LogP contribution in [0.15, 0.2) is 0 Å². The smallest absolute Gasteiger partial charge is 0.544 e. The second-order valence-electron chi connectivity index (χ2n) is 4.23. The predicted octanol–water partition coefficient (Wildman–Crippen LogP) is 0.384. The first-order valence-electron chi connectivity index (χ1n) is 4.99. The van der Waals surface area contributed by atoms with Gasteiger partial charge in [-0.2, -0.15) is 61.5 Å². The number of hydrogen-bond donors (Lipinski definition) is 0. The minimum atomic E-state index is -8.34. The van der Waals surface area contributed by atoms with Crippen LogP contribution in [0.1, 0.15) is 0 Å². The van der Waals surface area contributed by atoms with Crippen molar-refractivity contribution in [1.29, 1.82) is 0 Å². The van der Waals surface area contributed by atoms with Crippen LogP contribution in [0.2, 0.25) is 0 Å². The number of carboxylic acids is 1. The van der Waals surface area contributed by atoms with E-state index in [0.29, 0.717) is 0 Å². The zero-order valence-electron chi connectivity index (χ0n) is 11.5. The van der Waals surface area contributed by atoms with E-state index in [1.54, 1.807) is 0 Å². The van der Waals surface area contributed by atoms with Gasteiger partial charge in [0, 0.05) is 0 Å². The first kappa shape index (κ1) is 27.6. The Hall–Kier alpha value is -0.623. The number of rotatable bonds is 7. The zero-order chi connectivity index (χ0) is 21.1. The molecule has 0 amide bonds. The second kappa shape index (κ2) is 6.76. The molecule has 0 aromatic carbocycles. The molecule has 0 bridgehead atoms. The van der Waals surface area contributed by atoms with Crippen LogP contribution in [0.3, 0.4) is 0 Å². The molecule has 18 heteroatoms. The van der Waals surface area contributed by atoms with Crippen molar-refractivity contribution in [2.24, 2.45) is 0 Å². The Morgan fingerprint density at radius 2 is 0.808 bits per heavy atom. The van der Waals surface area contributed by atoms with E-state index >= 15 is 0 Å². The van der Waals surface area contributed by atoms with Crippen molar-refractivity contribution >= 4 is 17.6 Å². The third-order valence-corrected chi connectivity index (χ3v) is 2.82. The maximum absolute atomic E-state index is 12.9. The SMILES string of the molecule is O=C([O-])C(F)(F)C(F)(F)C(F)(F)C(F)(F)C(F)(F)C(F)(F)C(F)(F)Cl.[Li+]. The standard InChI is InChI=1S/C8HClF14O2.Li/c9-8(22,23)7(20,21)6(18,19)5(16,17)4(14,15)3(12,13)2(10,11)1(24)25;/h(H,24,25);/q;+1/p-1. The Morgan fingerprint density at radius 3 is 1.04 bits per heavy atom. The van der Waals surface area contributed by atoms with Crippen molar-refractivity contribution < 1.29 is 90.2 Å². The monoisotopic (exact) mass is 436 g/mol. The molecule has 26 heavy (non-hydrogen) atoms. The number of carbonyl (C=O) groups is 1. The van der Waals surface area contributed by atoms with Crippen LogP contribution in [0.5, 0.6) is 0 Å². The van der Waals surface area contributed by atoms with Gasteiger partial charge in [0.2, 0.25) is 0 Å². The maximum atomic E-state index is 12.9. The summed E-state index contributed by atoms with van der Waals surface area (Å²) in [6, 6.07) is 0. The molecule has 0 atom stereocenters. The van der Waals surface area contributed by atoms with Gasteiger partial charge >= 0.3 is 59.8 Å². The van der Waals surface area contributed by atoms with Gasteiger partial charge in [0.25, 0.3) is 0 Å². The van der Waals surface area contributed by atoms with Crippen molar-refractivity contribution in [3.05, 3.63) is 0 Å². The second-order valence-corrected chi connectivity index (χ2v) is 4.71. The Kier molecular flexibility index (Phi) is 7.18. The summed E-state index contributed by atoms with van der Waals surface area (Å²) in [6.07, 6.45) is 0.